The maximum absolute atomic E-state index is 3.53. The molecular formula is C38H48SiZr. The number of benzene rings is 3. The molecule has 0 nitrogen and oxygen atoms in total. The number of hydrogen-bond acceptors (Lipinski definition) is 0. The Balaban J connectivity index is 0.000000193. The summed E-state index contributed by atoms with van der Waals surface area (Å²) in [5.41, 5.74) is 11.5. The Kier molecular flexibility index (Phi) is 10.6. The molecule has 0 amide bonds. The van der Waals surface area contributed by atoms with Crippen molar-refractivity contribution in [2.24, 2.45) is 5.92 Å². The first-order valence-corrected chi connectivity index (χ1v) is 19.5. The van der Waals surface area contributed by atoms with Gasteiger partial charge in [-0.25, -0.2) is 10.8 Å². The molecule has 3 aromatic rings. The van der Waals surface area contributed by atoms with E-state index < -0.39 is 8.07 Å². The van der Waals surface area contributed by atoms with Gasteiger partial charge >= 0.3 is 63.8 Å². The van der Waals surface area contributed by atoms with E-state index in [0.717, 1.165) is 6.42 Å². The van der Waals surface area contributed by atoms with Crippen LogP contribution in [0.4, 0.5) is 0 Å². The van der Waals surface area contributed by atoms with Crippen LogP contribution in [-0.4, -0.2) is 11.8 Å². The summed E-state index contributed by atoms with van der Waals surface area (Å²) in [6.07, 6.45) is 6.84. The van der Waals surface area contributed by atoms with Crippen LogP contribution in [0, 0.1) is 18.1 Å². The summed E-state index contributed by atoms with van der Waals surface area (Å²) in [5, 5.41) is 1.60. The van der Waals surface area contributed by atoms with Gasteiger partial charge in [0.05, 0.1) is 0 Å². The summed E-state index contributed by atoms with van der Waals surface area (Å²) in [5.74, 6) is 0.553. The molecule has 0 heterocycles. The topological polar surface area (TPSA) is 0 Å². The van der Waals surface area contributed by atoms with Crippen molar-refractivity contribution in [3.8, 4) is 11.1 Å². The molecule has 208 valence electrons. The molecule has 2 aliphatic carbocycles. The van der Waals surface area contributed by atoms with Gasteiger partial charge in [-0.15, -0.1) is 5.56 Å². The molecule has 0 aromatic heterocycles. The first-order valence-electron chi connectivity index (χ1n) is 14.6. The van der Waals surface area contributed by atoms with E-state index in [1.807, 2.05) is 6.07 Å². The predicted octanol–water partition coefficient (Wildman–Crippen LogP) is 10.2. The van der Waals surface area contributed by atoms with Crippen LogP contribution >= 0.6 is 0 Å². The van der Waals surface area contributed by atoms with Crippen LogP contribution < -0.4 is 0 Å². The summed E-state index contributed by atoms with van der Waals surface area (Å²) in [7, 11) is -1.07. The normalized spacial score (nSPS) is 16.0. The second-order valence-corrected chi connectivity index (χ2v) is 20.0. The van der Waals surface area contributed by atoms with Gasteiger partial charge in [-0.05, 0) is 25.5 Å². The van der Waals surface area contributed by atoms with Crippen molar-refractivity contribution in [3.63, 3.8) is 0 Å². The van der Waals surface area contributed by atoms with E-state index in [0.29, 0.717) is 5.92 Å². The average Bonchev–Trinajstić information content (AvgIpc) is 3.42. The van der Waals surface area contributed by atoms with E-state index >= 15 is 0 Å². The monoisotopic (exact) mass is 622 g/mol. The van der Waals surface area contributed by atoms with Gasteiger partial charge in [0.15, 0.2) is 0 Å². The molecule has 0 saturated carbocycles. The fraction of sp³-hybridized carbons (Fsp3) is 0.395. The van der Waals surface area contributed by atoms with Gasteiger partial charge in [0.2, 0.25) is 0 Å². The zero-order valence-corrected chi connectivity index (χ0v) is 30.2. The van der Waals surface area contributed by atoms with Gasteiger partial charge in [0.1, 0.15) is 0 Å². The Morgan fingerprint density at radius 3 is 1.90 bits per heavy atom. The summed E-state index contributed by atoms with van der Waals surface area (Å²) in [4.78, 5) is 0. The molecule has 3 aromatic carbocycles. The van der Waals surface area contributed by atoms with Gasteiger partial charge < -0.3 is 0 Å². The van der Waals surface area contributed by atoms with Crippen LogP contribution in [0.3, 0.4) is 0 Å². The summed E-state index contributed by atoms with van der Waals surface area (Å²) in [6.45, 7) is 25.2. The predicted molar refractivity (Wildman–Crippen MR) is 176 cm³/mol. The molecule has 0 N–H and O–H groups in total. The van der Waals surface area contributed by atoms with Crippen molar-refractivity contribution in [2.45, 2.75) is 92.3 Å². The van der Waals surface area contributed by atoms with E-state index in [1.54, 1.807) is 5.20 Å². The molecule has 1 unspecified atom stereocenters. The van der Waals surface area contributed by atoms with E-state index in [-0.39, 0.29) is 10.8 Å². The fourth-order valence-electron chi connectivity index (χ4n) is 5.18. The molecule has 2 aliphatic rings. The molecule has 1 atom stereocenters. The quantitative estimate of drug-likeness (QED) is 0.154. The third-order valence-electron chi connectivity index (χ3n) is 7.57. The molecule has 2 heteroatoms. The fourth-order valence-corrected chi connectivity index (χ4v) is 7.60. The molecule has 0 fully saturated rings. The Hall–Kier alpha value is -1.89. The van der Waals surface area contributed by atoms with Crippen LogP contribution in [-0.2, 0) is 41.5 Å². The zero-order valence-electron chi connectivity index (χ0n) is 26.7. The number of fused-ring (bicyclic) bond motifs is 3. The molecule has 5 rings (SSSR count). The first kappa shape index (κ1) is 32.6. The Morgan fingerprint density at radius 1 is 0.850 bits per heavy atom. The zero-order chi connectivity index (χ0) is 29.9. The van der Waals surface area contributed by atoms with E-state index in [2.05, 4.69) is 152 Å². The molecule has 0 bridgehead atoms. The van der Waals surface area contributed by atoms with Crippen molar-refractivity contribution in [1.29, 1.82) is 0 Å². The molecular weight excluding hydrogens is 576 g/mol. The summed E-state index contributed by atoms with van der Waals surface area (Å²) in [6, 6.07) is 25.4. The number of hydrogen-bond donors (Lipinski definition) is 0. The molecule has 0 radical (unpaired) electrons. The van der Waals surface area contributed by atoms with E-state index in [4.69, 9.17) is 0 Å². The Bertz CT molecular complexity index is 1320. The van der Waals surface area contributed by atoms with E-state index in [9.17, 15) is 0 Å². The van der Waals surface area contributed by atoms with Crippen LogP contribution in [0.15, 0.2) is 77.5 Å². The maximum atomic E-state index is 3.53. The second kappa shape index (κ2) is 13.0. The third-order valence-corrected chi connectivity index (χ3v) is 10.5. The van der Waals surface area contributed by atoms with Gasteiger partial charge in [-0.2, -0.15) is 35.4 Å². The molecule has 0 aliphatic heterocycles. The van der Waals surface area contributed by atoms with Gasteiger partial charge in [-0.3, -0.25) is 6.08 Å². The minimum atomic E-state index is -1.07. The van der Waals surface area contributed by atoms with Crippen molar-refractivity contribution in [3.05, 3.63) is 117 Å². The van der Waals surface area contributed by atoms with Crippen LogP contribution in [0.1, 0.15) is 83.2 Å². The molecule has 0 saturated heterocycles. The van der Waals surface area contributed by atoms with Crippen molar-refractivity contribution >= 4 is 11.8 Å². The Morgan fingerprint density at radius 2 is 1.45 bits per heavy atom. The average molecular weight is 624 g/mol. The van der Waals surface area contributed by atoms with Gasteiger partial charge in [0.25, 0.3) is 0 Å². The Labute approximate surface area is 261 Å². The first-order chi connectivity index (χ1) is 18.5. The standard InChI is InChI=1S/C21H25.C10H17Si.C7H6.Zr/c1-20(2,3)16-9-7-14-11-15-8-10-17(21(4,5)6)13-19(15)18(14)12-16;1-8-6-9(2)10(7-8)11(3,4)5;1-7-5-3-2-4-6-7;/h7,9-10,12-13H,11H2,1-6H3;7-8H,1-5H3;1-6H;/q2*-1;;+2. The summed E-state index contributed by atoms with van der Waals surface area (Å²) < 4.78 is 2.17. The van der Waals surface area contributed by atoms with Crippen molar-refractivity contribution in [2.75, 3.05) is 0 Å². The van der Waals surface area contributed by atoms with Crippen molar-refractivity contribution in [1.82, 2.24) is 0 Å². The molecule has 40 heavy (non-hydrogen) atoms. The third kappa shape index (κ3) is 8.56. The number of rotatable bonds is 2. The second-order valence-electron chi connectivity index (χ2n) is 14.3. The van der Waals surface area contributed by atoms with Crippen molar-refractivity contribution < 1.29 is 24.2 Å². The molecule has 0 spiro atoms. The SMILES string of the molecule is CC(C)(C)c1c[c-]c2c(c1)-c1cc(C(C)(C)C)ccc1C2.CC1=[C-]C(C)C=C1[Si](C)(C)C.[Zr+2]=[CH]c1ccccc1. The number of allylic oxidation sites excluding steroid dienone is 4. The van der Waals surface area contributed by atoms with Gasteiger partial charge in [0, 0.05) is 0 Å². The van der Waals surface area contributed by atoms with Crippen LogP contribution in [0.5, 0.6) is 0 Å². The van der Waals surface area contributed by atoms with Gasteiger partial charge in [-0.1, -0.05) is 116 Å². The van der Waals surface area contributed by atoms with Crippen LogP contribution in [0.25, 0.3) is 11.1 Å². The summed E-state index contributed by atoms with van der Waals surface area (Å²) >= 11 is 1.46. The minimum absolute atomic E-state index is 0.177. The van der Waals surface area contributed by atoms with Crippen LogP contribution in [0.2, 0.25) is 19.6 Å². The van der Waals surface area contributed by atoms with E-state index in [1.165, 1.54) is 68.8 Å².